The van der Waals surface area contributed by atoms with Crippen LogP contribution >= 0.6 is 11.3 Å². The molecule has 2 heterocycles. The number of nitriles is 1. The fourth-order valence-corrected chi connectivity index (χ4v) is 3.27. The Kier molecular flexibility index (Phi) is 5.94. The lowest BCUT2D eigenvalue weighted by Crippen LogP contribution is -2.36. The third-order valence-corrected chi connectivity index (χ3v) is 4.88. The molecule has 7 nitrogen and oxygen atoms in total. The summed E-state index contributed by atoms with van der Waals surface area (Å²) in [7, 11) is 0. The Balaban J connectivity index is 1.68. The van der Waals surface area contributed by atoms with E-state index < -0.39 is 5.91 Å². The molecular formula is C18H19N5O2S. The van der Waals surface area contributed by atoms with Gasteiger partial charge in [-0.25, -0.2) is 0 Å². The highest BCUT2D eigenvalue weighted by Crippen LogP contribution is 2.25. The summed E-state index contributed by atoms with van der Waals surface area (Å²) in [5.41, 5.74) is 2.03. The quantitative estimate of drug-likeness (QED) is 0.643. The van der Waals surface area contributed by atoms with Crippen LogP contribution in [0, 0.1) is 11.3 Å². The van der Waals surface area contributed by atoms with Crippen molar-refractivity contribution >= 4 is 33.6 Å². The number of ether oxygens (including phenoxy) is 1. The highest BCUT2D eigenvalue weighted by atomic mass is 32.1. The summed E-state index contributed by atoms with van der Waals surface area (Å²) in [5, 5.41) is 21.2. The van der Waals surface area contributed by atoms with E-state index in [1.807, 2.05) is 30.3 Å². The fourth-order valence-electron chi connectivity index (χ4n) is 2.48. The number of nitrogens with zero attached hydrogens (tertiary/aromatic N) is 4. The summed E-state index contributed by atoms with van der Waals surface area (Å²) < 4.78 is 5.31. The minimum Gasteiger partial charge on any atom is -0.378 e. The molecule has 0 bridgehead atoms. The number of hydrogen-bond donors (Lipinski definition) is 1. The second-order valence-corrected chi connectivity index (χ2v) is 6.66. The van der Waals surface area contributed by atoms with Crippen molar-refractivity contribution in [2.45, 2.75) is 13.3 Å². The third kappa shape index (κ3) is 4.45. The maximum Gasteiger partial charge on any atom is 0.268 e. The Morgan fingerprint density at radius 1 is 1.35 bits per heavy atom. The molecule has 0 spiro atoms. The lowest BCUT2D eigenvalue weighted by molar-refractivity contribution is -0.112. The predicted octanol–water partition coefficient (Wildman–Crippen LogP) is 2.48. The Hall–Kier alpha value is -2.76. The van der Waals surface area contributed by atoms with Gasteiger partial charge < -0.3 is 9.64 Å². The lowest BCUT2D eigenvalue weighted by Gasteiger charge is -2.25. The second kappa shape index (κ2) is 8.56. The number of amides is 1. The maximum absolute atomic E-state index is 12.4. The zero-order chi connectivity index (χ0) is 18.4. The number of hydrogen-bond acceptors (Lipinski definition) is 7. The van der Waals surface area contributed by atoms with E-state index in [1.165, 1.54) is 16.9 Å². The molecule has 1 amide bonds. The van der Waals surface area contributed by atoms with Gasteiger partial charge >= 0.3 is 0 Å². The van der Waals surface area contributed by atoms with E-state index in [2.05, 4.69) is 27.3 Å². The van der Waals surface area contributed by atoms with Gasteiger partial charge in [0.2, 0.25) is 10.3 Å². The lowest BCUT2D eigenvalue weighted by atomic mass is 10.1. The zero-order valence-electron chi connectivity index (χ0n) is 14.4. The number of carbonyl (C=O) groups is 1. The molecule has 1 N–H and O–H groups in total. The van der Waals surface area contributed by atoms with Crippen LogP contribution in [0.1, 0.15) is 18.1 Å². The van der Waals surface area contributed by atoms with E-state index in [0.717, 1.165) is 30.2 Å². The Morgan fingerprint density at radius 2 is 2.08 bits per heavy atom. The van der Waals surface area contributed by atoms with Gasteiger partial charge in [-0.2, -0.15) is 5.26 Å². The molecular weight excluding hydrogens is 350 g/mol. The molecule has 0 unspecified atom stereocenters. The van der Waals surface area contributed by atoms with Crippen molar-refractivity contribution in [3.05, 3.63) is 41.0 Å². The molecule has 1 aliphatic heterocycles. The fraction of sp³-hybridized carbons (Fsp3) is 0.333. The molecule has 1 fully saturated rings. The minimum absolute atomic E-state index is 0.0253. The van der Waals surface area contributed by atoms with Crippen LogP contribution in [0.5, 0.6) is 0 Å². The van der Waals surface area contributed by atoms with E-state index in [-0.39, 0.29) is 5.57 Å². The summed E-state index contributed by atoms with van der Waals surface area (Å²) in [4.78, 5) is 14.4. The number of benzene rings is 1. The number of carbonyl (C=O) groups excluding carboxylic acids is 1. The number of aryl methyl sites for hydroxylation is 1. The number of anilines is 2. The van der Waals surface area contributed by atoms with E-state index in [9.17, 15) is 10.1 Å². The van der Waals surface area contributed by atoms with E-state index >= 15 is 0 Å². The van der Waals surface area contributed by atoms with Crippen LogP contribution < -0.4 is 10.2 Å². The smallest absolute Gasteiger partial charge is 0.268 e. The average molecular weight is 369 g/mol. The highest BCUT2D eigenvalue weighted by Gasteiger charge is 2.17. The molecule has 3 rings (SSSR count). The van der Waals surface area contributed by atoms with E-state index in [0.29, 0.717) is 18.3 Å². The molecule has 0 saturated carbocycles. The summed E-state index contributed by atoms with van der Waals surface area (Å²) >= 11 is 1.29. The van der Waals surface area contributed by atoms with Crippen LogP contribution in [0.3, 0.4) is 0 Å². The molecule has 1 aromatic heterocycles. The van der Waals surface area contributed by atoms with Gasteiger partial charge in [0.15, 0.2) is 0 Å². The normalized spacial score (nSPS) is 14.8. The standard InChI is InChI=1S/C18H19N5O2S/c1-2-13-3-5-14(6-4-13)11-15(12-19)16(24)20-17-21-22-18(26-17)23-7-9-25-10-8-23/h3-6,11H,2,7-10H2,1H3,(H,20,21,24)/b15-11-. The monoisotopic (exact) mass is 369 g/mol. The van der Waals surface area contributed by atoms with Crippen molar-refractivity contribution in [3.63, 3.8) is 0 Å². The molecule has 1 aromatic carbocycles. The van der Waals surface area contributed by atoms with Crippen LogP contribution in [0.15, 0.2) is 29.8 Å². The van der Waals surface area contributed by atoms with Gasteiger partial charge in [0.25, 0.3) is 5.91 Å². The van der Waals surface area contributed by atoms with Gasteiger partial charge in [0.05, 0.1) is 13.2 Å². The molecule has 8 heteroatoms. The van der Waals surface area contributed by atoms with Crippen LogP contribution in [-0.4, -0.2) is 42.4 Å². The molecule has 0 atom stereocenters. The van der Waals surface area contributed by atoms with Crippen molar-refractivity contribution < 1.29 is 9.53 Å². The average Bonchev–Trinajstić information content (AvgIpc) is 3.15. The molecule has 0 radical (unpaired) electrons. The largest absolute Gasteiger partial charge is 0.378 e. The molecule has 26 heavy (non-hydrogen) atoms. The Bertz CT molecular complexity index is 832. The summed E-state index contributed by atoms with van der Waals surface area (Å²) in [6.07, 6.45) is 2.51. The molecule has 134 valence electrons. The SMILES string of the molecule is CCc1ccc(/C=C(/C#N)C(=O)Nc2nnc(N3CCOCC3)s2)cc1. The molecule has 2 aromatic rings. The maximum atomic E-state index is 12.4. The number of morpholine rings is 1. The number of aromatic nitrogens is 2. The molecule has 1 aliphatic rings. The van der Waals surface area contributed by atoms with Crippen molar-refractivity contribution in [2.75, 3.05) is 36.5 Å². The summed E-state index contributed by atoms with van der Waals surface area (Å²) in [6.45, 7) is 4.88. The molecule has 0 aliphatic carbocycles. The second-order valence-electron chi connectivity index (χ2n) is 5.71. The van der Waals surface area contributed by atoms with Crippen LogP contribution in [0.2, 0.25) is 0 Å². The summed E-state index contributed by atoms with van der Waals surface area (Å²) in [6, 6.07) is 9.70. The number of rotatable bonds is 5. The van der Waals surface area contributed by atoms with Gasteiger partial charge in [-0.05, 0) is 23.6 Å². The third-order valence-electron chi connectivity index (χ3n) is 3.98. The van der Waals surface area contributed by atoms with Gasteiger partial charge in [0.1, 0.15) is 11.6 Å². The van der Waals surface area contributed by atoms with Crippen molar-refractivity contribution in [2.24, 2.45) is 0 Å². The summed E-state index contributed by atoms with van der Waals surface area (Å²) in [5.74, 6) is -0.489. The Morgan fingerprint density at radius 3 is 2.73 bits per heavy atom. The van der Waals surface area contributed by atoms with Crippen molar-refractivity contribution in [3.8, 4) is 6.07 Å². The first-order valence-corrected chi connectivity index (χ1v) is 9.19. The van der Waals surface area contributed by atoms with Gasteiger partial charge in [-0.3, -0.25) is 10.1 Å². The van der Waals surface area contributed by atoms with Crippen LogP contribution in [0.25, 0.3) is 6.08 Å². The molecule has 1 saturated heterocycles. The van der Waals surface area contributed by atoms with Crippen LogP contribution in [-0.2, 0) is 16.0 Å². The van der Waals surface area contributed by atoms with Crippen molar-refractivity contribution in [1.82, 2.24) is 10.2 Å². The minimum atomic E-state index is -0.489. The van der Waals surface area contributed by atoms with E-state index in [1.54, 1.807) is 6.08 Å². The van der Waals surface area contributed by atoms with E-state index in [4.69, 9.17) is 4.74 Å². The first-order valence-electron chi connectivity index (χ1n) is 8.38. The Labute approximate surface area is 155 Å². The predicted molar refractivity (Wildman–Crippen MR) is 101 cm³/mol. The van der Waals surface area contributed by atoms with Crippen LogP contribution in [0.4, 0.5) is 10.3 Å². The first kappa shape index (κ1) is 18.0. The van der Waals surface area contributed by atoms with Gasteiger partial charge in [-0.15, -0.1) is 10.2 Å². The number of nitrogens with one attached hydrogen (secondary N) is 1. The zero-order valence-corrected chi connectivity index (χ0v) is 15.3. The van der Waals surface area contributed by atoms with Crippen molar-refractivity contribution in [1.29, 1.82) is 5.26 Å². The highest BCUT2D eigenvalue weighted by molar-refractivity contribution is 7.19. The topological polar surface area (TPSA) is 91.1 Å². The van der Waals surface area contributed by atoms with Gasteiger partial charge in [0, 0.05) is 13.1 Å². The first-order chi connectivity index (χ1) is 12.7. The van der Waals surface area contributed by atoms with Gasteiger partial charge in [-0.1, -0.05) is 42.5 Å².